The highest BCUT2D eigenvalue weighted by atomic mass is 79.9. The minimum atomic E-state index is -0.229. The van der Waals surface area contributed by atoms with E-state index in [2.05, 4.69) is 36.5 Å². The number of hydrogen-bond donors (Lipinski definition) is 2. The van der Waals surface area contributed by atoms with E-state index in [9.17, 15) is 4.79 Å². The first-order valence-corrected chi connectivity index (χ1v) is 8.60. The molecule has 5 nitrogen and oxygen atoms in total. The van der Waals surface area contributed by atoms with Crippen LogP contribution in [0.25, 0.3) is 0 Å². The molecule has 6 heteroatoms. The van der Waals surface area contributed by atoms with Gasteiger partial charge in [-0.3, -0.25) is 4.79 Å². The van der Waals surface area contributed by atoms with Crippen LogP contribution in [0.1, 0.15) is 21.9 Å². The summed E-state index contributed by atoms with van der Waals surface area (Å²) in [6.07, 6.45) is 0. The van der Waals surface area contributed by atoms with Gasteiger partial charge in [0.1, 0.15) is 17.3 Å². The second kappa shape index (κ2) is 7.90. The van der Waals surface area contributed by atoms with Crippen LogP contribution in [0, 0.1) is 6.92 Å². The van der Waals surface area contributed by atoms with Crippen LogP contribution in [0.3, 0.4) is 0 Å². The molecule has 0 fully saturated rings. The molecule has 25 heavy (non-hydrogen) atoms. The Hall–Kier alpha value is -2.73. The summed E-state index contributed by atoms with van der Waals surface area (Å²) in [5.41, 5.74) is 2.26. The molecule has 0 atom stereocenters. The summed E-state index contributed by atoms with van der Waals surface area (Å²) in [6, 6.07) is 19.1. The fraction of sp³-hybridized carbons (Fsp3) is 0.105. The first-order chi connectivity index (χ1) is 12.1. The number of amides is 1. The molecule has 0 saturated heterocycles. The number of aromatic nitrogens is 2. The van der Waals surface area contributed by atoms with Crippen LogP contribution in [0.15, 0.2) is 65.1 Å². The van der Waals surface area contributed by atoms with Crippen molar-refractivity contribution in [1.82, 2.24) is 15.3 Å². The van der Waals surface area contributed by atoms with Crippen LogP contribution in [0.2, 0.25) is 0 Å². The molecule has 0 radical (unpaired) electrons. The maximum absolute atomic E-state index is 12.4. The number of aryl methyl sites for hydroxylation is 1. The molecule has 2 aromatic carbocycles. The van der Waals surface area contributed by atoms with Gasteiger partial charge in [0.15, 0.2) is 0 Å². The molecule has 0 unspecified atom stereocenters. The van der Waals surface area contributed by atoms with Gasteiger partial charge in [-0.1, -0.05) is 46.3 Å². The standard InChI is InChI=1S/C19H17BrN4O/c1-13-22-17(19(25)21-12-14-5-3-2-4-6-14)11-18(23-13)24-16-9-7-15(20)8-10-16/h2-11H,12H2,1H3,(H,21,25)(H,22,23,24). The molecule has 0 spiro atoms. The number of halogens is 1. The fourth-order valence-electron chi connectivity index (χ4n) is 2.30. The van der Waals surface area contributed by atoms with E-state index in [4.69, 9.17) is 0 Å². The molecular formula is C19H17BrN4O. The fourth-order valence-corrected chi connectivity index (χ4v) is 2.56. The first kappa shape index (κ1) is 17.1. The molecule has 0 aliphatic rings. The zero-order valence-corrected chi connectivity index (χ0v) is 15.2. The Morgan fingerprint density at radius 3 is 2.48 bits per heavy atom. The number of rotatable bonds is 5. The Balaban J connectivity index is 1.72. The van der Waals surface area contributed by atoms with Crippen molar-refractivity contribution in [2.75, 3.05) is 5.32 Å². The number of anilines is 2. The maximum atomic E-state index is 12.4. The molecule has 0 bridgehead atoms. The third-order valence-corrected chi connectivity index (χ3v) is 4.01. The van der Waals surface area contributed by atoms with Crippen molar-refractivity contribution in [1.29, 1.82) is 0 Å². The van der Waals surface area contributed by atoms with Crippen molar-refractivity contribution in [2.24, 2.45) is 0 Å². The van der Waals surface area contributed by atoms with E-state index in [1.54, 1.807) is 13.0 Å². The van der Waals surface area contributed by atoms with Crippen molar-refractivity contribution >= 4 is 33.3 Å². The first-order valence-electron chi connectivity index (χ1n) is 7.80. The molecule has 126 valence electrons. The third kappa shape index (κ3) is 4.87. The lowest BCUT2D eigenvalue weighted by molar-refractivity contribution is 0.0945. The van der Waals surface area contributed by atoms with E-state index in [1.807, 2.05) is 54.6 Å². The van der Waals surface area contributed by atoms with Gasteiger partial charge in [-0.25, -0.2) is 9.97 Å². The number of carbonyl (C=O) groups is 1. The Labute approximate surface area is 154 Å². The number of nitrogens with one attached hydrogen (secondary N) is 2. The Morgan fingerprint density at radius 1 is 1.04 bits per heavy atom. The third-order valence-electron chi connectivity index (χ3n) is 3.48. The topological polar surface area (TPSA) is 66.9 Å². The van der Waals surface area contributed by atoms with Gasteiger partial charge in [-0.05, 0) is 36.8 Å². The number of nitrogens with zero attached hydrogens (tertiary/aromatic N) is 2. The minimum absolute atomic E-state index is 0.229. The van der Waals surface area contributed by atoms with Crippen molar-refractivity contribution in [3.63, 3.8) is 0 Å². The summed E-state index contributed by atoms with van der Waals surface area (Å²) in [4.78, 5) is 21.0. The number of carbonyl (C=O) groups excluding carboxylic acids is 1. The summed E-state index contributed by atoms with van der Waals surface area (Å²) in [5, 5.41) is 6.07. The summed E-state index contributed by atoms with van der Waals surface area (Å²) < 4.78 is 0.998. The summed E-state index contributed by atoms with van der Waals surface area (Å²) >= 11 is 3.40. The second-order valence-electron chi connectivity index (χ2n) is 5.49. The van der Waals surface area contributed by atoms with E-state index < -0.39 is 0 Å². The minimum Gasteiger partial charge on any atom is -0.347 e. The smallest absolute Gasteiger partial charge is 0.270 e. The zero-order chi connectivity index (χ0) is 17.6. The molecule has 3 aromatic rings. The Morgan fingerprint density at radius 2 is 1.76 bits per heavy atom. The quantitative estimate of drug-likeness (QED) is 0.677. The summed E-state index contributed by atoms with van der Waals surface area (Å²) in [5.74, 6) is 0.889. The van der Waals surface area contributed by atoms with E-state index in [0.29, 0.717) is 23.9 Å². The highest BCUT2D eigenvalue weighted by Crippen LogP contribution is 2.18. The predicted octanol–water partition coefficient (Wildman–Crippen LogP) is 4.22. The molecular weight excluding hydrogens is 380 g/mol. The van der Waals surface area contributed by atoms with E-state index in [-0.39, 0.29) is 5.91 Å². The SMILES string of the molecule is Cc1nc(Nc2ccc(Br)cc2)cc(C(=O)NCc2ccccc2)n1. The van der Waals surface area contributed by atoms with E-state index >= 15 is 0 Å². The molecule has 1 aromatic heterocycles. The van der Waals surface area contributed by atoms with E-state index in [1.165, 1.54) is 0 Å². The zero-order valence-electron chi connectivity index (χ0n) is 13.7. The van der Waals surface area contributed by atoms with Crippen LogP contribution in [0.5, 0.6) is 0 Å². The molecule has 1 amide bonds. The Kier molecular flexibility index (Phi) is 5.40. The van der Waals surface area contributed by atoms with Crippen LogP contribution in [0.4, 0.5) is 11.5 Å². The normalized spacial score (nSPS) is 10.3. The van der Waals surface area contributed by atoms with Gasteiger partial charge in [-0.15, -0.1) is 0 Å². The molecule has 0 aliphatic heterocycles. The summed E-state index contributed by atoms with van der Waals surface area (Å²) in [7, 11) is 0. The lowest BCUT2D eigenvalue weighted by Crippen LogP contribution is -2.24. The van der Waals surface area contributed by atoms with Gasteiger partial charge in [-0.2, -0.15) is 0 Å². The van der Waals surface area contributed by atoms with Crippen molar-refractivity contribution in [3.8, 4) is 0 Å². The van der Waals surface area contributed by atoms with Gasteiger partial charge in [0.05, 0.1) is 0 Å². The van der Waals surface area contributed by atoms with Crippen molar-refractivity contribution in [2.45, 2.75) is 13.5 Å². The molecule has 3 rings (SSSR count). The predicted molar refractivity (Wildman–Crippen MR) is 102 cm³/mol. The van der Waals surface area contributed by atoms with E-state index in [0.717, 1.165) is 15.7 Å². The molecule has 2 N–H and O–H groups in total. The van der Waals surface area contributed by atoms with Gasteiger partial charge < -0.3 is 10.6 Å². The lowest BCUT2D eigenvalue weighted by atomic mass is 10.2. The molecule has 0 aliphatic carbocycles. The number of hydrogen-bond acceptors (Lipinski definition) is 4. The molecule has 0 saturated carbocycles. The highest BCUT2D eigenvalue weighted by molar-refractivity contribution is 9.10. The summed E-state index contributed by atoms with van der Waals surface area (Å²) in [6.45, 7) is 2.22. The van der Waals surface area contributed by atoms with Crippen LogP contribution in [-0.2, 0) is 6.54 Å². The van der Waals surface area contributed by atoms with Gasteiger partial charge in [0.2, 0.25) is 0 Å². The Bertz CT molecular complexity index is 866. The van der Waals surface area contributed by atoms with Crippen molar-refractivity contribution in [3.05, 3.63) is 82.2 Å². The van der Waals surface area contributed by atoms with Gasteiger partial charge in [0, 0.05) is 22.8 Å². The van der Waals surface area contributed by atoms with Gasteiger partial charge >= 0.3 is 0 Å². The lowest BCUT2D eigenvalue weighted by Gasteiger charge is -2.09. The van der Waals surface area contributed by atoms with Crippen molar-refractivity contribution < 1.29 is 4.79 Å². The monoisotopic (exact) mass is 396 g/mol. The average Bonchev–Trinajstić information content (AvgIpc) is 2.62. The largest absolute Gasteiger partial charge is 0.347 e. The average molecular weight is 397 g/mol. The number of benzene rings is 2. The van der Waals surface area contributed by atoms with Crippen LogP contribution >= 0.6 is 15.9 Å². The van der Waals surface area contributed by atoms with Crippen LogP contribution < -0.4 is 10.6 Å². The highest BCUT2D eigenvalue weighted by Gasteiger charge is 2.10. The second-order valence-corrected chi connectivity index (χ2v) is 6.40. The van der Waals surface area contributed by atoms with Gasteiger partial charge in [0.25, 0.3) is 5.91 Å². The van der Waals surface area contributed by atoms with Crippen LogP contribution in [-0.4, -0.2) is 15.9 Å². The maximum Gasteiger partial charge on any atom is 0.270 e. The molecule has 1 heterocycles.